The quantitative estimate of drug-likeness (QED) is 0.481. The van der Waals surface area contributed by atoms with Gasteiger partial charge in [-0.05, 0) is 43.3 Å². The molecule has 0 fully saturated rings. The predicted octanol–water partition coefficient (Wildman–Crippen LogP) is 4.49. The molecule has 0 aliphatic carbocycles. The van der Waals surface area contributed by atoms with E-state index in [1.807, 2.05) is 24.3 Å². The number of fused-ring (bicyclic) bond motifs is 1. The number of hydrogen-bond acceptors (Lipinski definition) is 4. The Morgan fingerprint density at radius 3 is 2.70 bits per heavy atom. The number of aryl methyl sites for hydroxylation is 1. The van der Waals surface area contributed by atoms with Crippen molar-refractivity contribution in [2.75, 3.05) is 0 Å². The summed E-state index contributed by atoms with van der Waals surface area (Å²) in [4.78, 5) is 8.73. The highest BCUT2D eigenvalue weighted by atomic mass is 79.9. The standard InChI is InChI=1S/C18H11BrF2N6/c1-10-6-12(8-22)25-27(10)18-13(17(20)21)3-5-16(24-18)26-9-23-14-4-2-11(19)7-15(14)26/h2-7,9,17H,1H3. The van der Waals surface area contributed by atoms with E-state index in [-0.39, 0.29) is 17.1 Å². The molecule has 0 radical (unpaired) electrons. The largest absolute Gasteiger partial charge is 0.283 e. The van der Waals surface area contributed by atoms with E-state index in [0.29, 0.717) is 11.5 Å². The second-order valence-electron chi connectivity index (χ2n) is 5.83. The van der Waals surface area contributed by atoms with Gasteiger partial charge in [-0.25, -0.2) is 23.4 Å². The van der Waals surface area contributed by atoms with Gasteiger partial charge in [0.25, 0.3) is 6.43 Å². The van der Waals surface area contributed by atoms with Crippen LogP contribution in [0.4, 0.5) is 8.78 Å². The van der Waals surface area contributed by atoms with Gasteiger partial charge in [0.1, 0.15) is 18.2 Å². The van der Waals surface area contributed by atoms with E-state index >= 15 is 0 Å². The Labute approximate surface area is 160 Å². The van der Waals surface area contributed by atoms with Gasteiger partial charge in [-0.3, -0.25) is 4.57 Å². The summed E-state index contributed by atoms with van der Waals surface area (Å²) in [6.07, 6.45) is -1.15. The van der Waals surface area contributed by atoms with Gasteiger partial charge >= 0.3 is 0 Å². The van der Waals surface area contributed by atoms with Gasteiger partial charge in [-0.15, -0.1) is 0 Å². The number of benzene rings is 1. The van der Waals surface area contributed by atoms with E-state index in [0.717, 1.165) is 15.5 Å². The number of pyridine rings is 1. The molecule has 4 rings (SSSR count). The maximum Gasteiger partial charge on any atom is 0.267 e. The molecule has 9 heteroatoms. The lowest BCUT2D eigenvalue weighted by Crippen LogP contribution is -2.09. The Kier molecular flexibility index (Phi) is 4.20. The molecule has 0 spiro atoms. The Morgan fingerprint density at radius 1 is 1.19 bits per heavy atom. The molecule has 0 aliphatic rings. The number of nitriles is 1. The second kappa shape index (κ2) is 6.55. The summed E-state index contributed by atoms with van der Waals surface area (Å²) < 4.78 is 30.9. The fourth-order valence-electron chi connectivity index (χ4n) is 2.83. The molecular weight excluding hydrogens is 418 g/mol. The highest BCUT2D eigenvalue weighted by molar-refractivity contribution is 9.10. The zero-order valence-electron chi connectivity index (χ0n) is 13.9. The maximum atomic E-state index is 13.5. The number of hydrogen-bond donors (Lipinski definition) is 0. The number of alkyl halides is 2. The SMILES string of the molecule is Cc1cc(C#N)nn1-c1nc(-n2cnc3ccc(Br)cc32)ccc1C(F)F. The molecule has 3 heterocycles. The van der Waals surface area contributed by atoms with Crippen LogP contribution in [0.5, 0.6) is 0 Å². The van der Waals surface area contributed by atoms with Gasteiger partial charge < -0.3 is 0 Å². The van der Waals surface area contributed by atoms with Gasteiger partial charge in [0.05, 0.1) is 16.6 Å². The number of aromatic nitrogens is 5. The van der Waals surface area contributed by atoms with Crippen molar-refractivity contribution in [1.29, 1.82) is 5.26 Å². The normalized spacial score (nSPS) is 11.3. The van der Waals surface area contributed by atoms with E-state index in [9.17, 15) is 8.78 Å². The van der Waals surface area contributed by atoms with Crippen LogP contribution in [0.2, 0.25) is 0 Å². The van der Waals surface area contributed by atoms with Crippen LogP contribution in [0.25, 0.3) is 22.7 Å². The van der Waals surface area contributed by atoms with E-state index in [1.165, 1.54) is 22.9 Å². The molecule has 1 aromatic carbocycles. The Morgan fingerprint density at radius 2 is 2.00 bits per heavy atom. The lowest BCUT2D eigenvalue weighted by Gasteiger charge is -2.12. The van der Waals surface area contributed by atoms with Gasteiger partial charge in [0, 0.05) is 10.2 Å². The third-order valence-electron chi connectivity index (χ3n) is 4.08. The first kappa shape index (κ1) is 17.3. The average molecular weight is 429 g/mol. The van der Waals surface area contributed by atoms with Crippen LogP contribution >= 0.6 is 15.9 Å². The molecule has 0 N–H and O–H groups in total. The molecule has 6 nitrogen and oxygen atoms in total. The minimum Gasteiger partial charge on any atom is -0.283 e. The van der Waals surface area contributed by atoms with Gasteiger partial charge in [0.2, 0.25) is 0 Å². The third-order valence-corrected chi connectivity index (χ3v) is 4.58. The van der Waals surface area contributed by atoms with Crippen LogP contribution in [-0.2, 0) is 0 Å². The Hall–Kier alpha value is -3.12. The zero-order chi connectivity index (χ0) is 19.1. The second-order valence-corrected chi connectivity index (χ2v) is 6.74. The van der Waals surface area contributed by atoms with E-state index in [2.05, 4.69) is 31.0 Å². The molecule has 0 bridgehead atoms. The molecule has 0 atom stereocenters. The van der Waals surface area contributed by atoms with Crippen LogP contribution in [-0.4, -0.2) is 24.3 Å². The molecule has 4 aromatic rings. The summed E-state index contributed by atoms with van der Waals surface area (Å²) in [6, 6.07) is 11.9. The lowest BCUT2D eigenvalue weighted by molar-refractivity contribution is 0.150. The Bertz CT molecular complexity index is 1200. The number of imidazole rings is 1. The molecule has 0 aliphatic heterocycles. The van der Waals surface area contributed by atoms with Crippen molar-refractivity contribution in [3.63, 3.8) is 0 Å². The third kappa shape index (κ3) is 2.98. The topological polar surface area (TPSA) is 72.3 Å². The minimum atomic E-state index is -2.73. The summed E-state index contributed by atoms with van der Waals surface area (Å²) in [5.74, 6) is 0.404. The molecule has 27 heavy (non-hydrogen) atoms. The first-order valence-corrected chi connectivity index (χ1v) is 8.66. The van der Waals surface area contributed by atoms with Crippen LogP contribution in [0.1, 0.15) is 23.4 Å². The van der Waals surface area contributed by atoms with Crippen molar-refractivity contribution in [3.05, 3.63) is 64.1 Å². The van der Waals surface area contributed by atoms with Crippen molar-refractivity contribution in [1.82, 2.24) is 24.3 Å². The van der Waals surface area contributed by atoms with Crippen LogP contribution in [0, 0.1) is 18.3 Å². The predicted molar refractivity (Wildman–Crippen MR) is 98.1 cm³/mol. The number of halogens is 3. The van der Waals surface area contributed by atoms with Gasteiger partial charge in [0.15, 0.2) is 11.5 Å². The van der Waals surface area contributed by atoms with Crippen LogP contribution < -0.4 is 0 Å². The molecular formula is C18H11BrF2N6. The summed E-state index contributed by atoms with van der Waals surface area (Å²) >= 11 is 3.42. The summed E-state index contributed by atoms with van der Waals surface area (Å²) in [7, 11) is 0. The van der Waals surface area contributed by atoms with Crippen molar-refractivity contribution in [3.8, 4) is 17.7 Å². The number of nitrogens with zero attached hydrogens (tertiary/aromatic N) is 6. The van der Waals surface area contributed by atoms with Crippen molar-refractivity contribution in [2.45, 2.75) is 13.3 Å². The van der Waals surface area contributed by atoms with Gasteiger partial charge in [-0.2, -0.15) is 10.4 Å². The first-order valence-electron chi connectivity index (χ1n) is 7.87. The summed E-state index contributed by atoms with van der Waals surface area (Å²) in [5, 5.41) is 13.1. The molecule has 134 valence electrons. The highest BCUT2D eigenvalue weighted by Crippen LogP contribution is 2.28. The van der Waals surface area contributed by atoms with Crippen LogP contribution in [0.15, 0.2) is 47.2 Å². The molecule has 0 amide bonds. The molecule has 0 unspecified atom stereocenters. The summed E-state index contributed by atoms with van der Waals surface area (Å²) in [5.41, 5.74) is 1.94. The van der Waals surface area contributed by atoms with Gasteiger partial charge in [-0.1, -0.05) is 15.9 Å². The van der Waals surface area contributed by atoms with E-state index in [4.69, 9.17) is 5.26 Å². The average Bonchev–Trinajstić information content (AvgIpc) is 3.24. The molecule has 0 saturated carbocycles. The monoisotopic (exact) mass is 428 g/mol. The first-order chi connectivity index (χ1) is 13.0. The number of rotatable bonds is 3. The van der Waals surface area contributed by atoms with Crippen molar-refractivity contribution < 1.29 is 8.78 Å². The maximum absolute atomic E-state index is 13.5. The summed E-state index contributed by atoms with van der Waals surface area (Å²) in [6.45, 7) is 1.68. The lowest BCUT2D eigenvalue weighted by atomic mass is 10.2. The molecule has 0 saturated heterocycles. The van der Waals surface area contributed by atoms with Crippen LogP contribution in [0.3, 0.4) is 0 Å². The highest BCUT2D eigenvalue weighted by Gasteiger charge is 2.20. The van der Waals surface area contributed by atoms with E-state index < -0.39 is 6.43 Å². The fraction of sp³-hybridized carbons (Fsp3) is 0.111. The van der Waals surface area contributed by atoms with Crippen molar-refractivity contribution in [2.24, 2.45) is 0 Å². The zero-order valence-corrected chi connectivity index (χ0v) is 15.5. The smallest absolute Gasteiger partial charge is 0.267 e. The minimum absolute atomic E-state index is 0.0154. The fourth-order valence-corrected chi connectivity index (χ4v) is 3.18. The Balaban J connectivity index is 1.94. The van der Waals surface area contributed by atoms with Crippen molar-refractivity contribution >= 4 is 27.0 Å². The molecule has 3 aromatic heterocycles. The van der Waals surface area contributed by atoms with E-state index in [1.54, 1.807) is 17.8 Å².